The van der Waals surface area contributed by atoms with Gasteiger partial charge >= 0.3 is 5.76 Å². The number of carbonyl (C=O) groups excluding carboxylic acids is 1. The first kappa shape index (κ1) is 13.8. The fraction of sp³-hybridized carbons (Fsp3) is 0.429. The molecule has 0 radical (unpaired) electrons. The van der Waals surface area contributed by atoms with Crippen LogP contribution in [0.15, 0.2) is 33.5 Å². The molecule has 2 heterocycles. The van der Waals surface area contributed by atoms with E-state index in [0.29, 0.717) is 24.1 Å². The van der Waals surface area contributed by atoms with Crippen molar-refractivity contribution in [2.45, 2.75) is 25.1 Å². The van der Waals surface area contributed by atoms with Gasteiger partial charge < -0.3 is 20.2 Å². The Bertz CT molecular complexity index is 710. The third kappa shape index (κ3) is 2.70. The summed E-state index contributed by atoms with van der Waals surface area (Å²) in [5.41, 5.74) is 6.84. The Labute approximate surface area is 120 Å². The molecule has 1 amide bonds. The minimum atomic E-state index is -0.615. The second kappa shape index (κ2) is 5.34. The van der Waals surface area contributed by atoms with E-state index < -0.39 is 11.9 Å². The van der Waals surface area contributed by atoms with E-state index in [1.54, 1.807) is 24.3 Å². The van der Waals surface area contributed by atoms with Crippen LogP contribution in [0.4, 0.5) is 0 Å². The topological polar surface area (TPSA) is 102 Å². The maximum atomic E-state index is 12.3. The summed E-state index contributed by atoms with van der Waals surface area (Å²) in [5.74, 6) is -0.816. The third-order valence-corrected chi connectivity index (χ3v) is 3.68. The molecule has 1 aromatic heterocycles. The average molecular weight is 291 g/mol. The number of oxazole rings is 1. The number of fused-ring (bicyclic) bond motifs is 1. The second-order valence-electron chi connectivity index (χ2n) is 5.37. The maximum Gasteiger partial charge on any atom is 0.420 e. The van der Waals surface area contributed by atoms with Gasteiger partial charge in [-0.15, -0.1) is 0 Å². The molecule has 2 atom stereocenters. The number of aromatic nitrogens is 1. The van der Waals surface area contributed by atoms with E-state index >= 15 is 0 Å². The summed E-state index contributed by atoms with van der Waals surface area (Å²) >= 11 is 0. The van der Waals surface area contributed by atoms with Crippen molar-refractivity contribution in [2.75, 3.05) is 13.1 Å². The van der Waals surface area contributed by atoms with Crippen molar-refractivity contribution < 1.29 is 14.3 Å². The van der Waals surface area contributed by atoms with Crippen LogP contribution in [-0.4, -0.2) is 45.7 Å². The van der Waals surface area contributed by atoms with Crippen LogP contribution in [0.2, 0.25) is 0 Å². The van der Waals surface area contributed by atoms with Crippen molar-refractivity contribution in [1.29, 1.82) is 0 Å². The summed E-state index contributed by atoms with van der Waals surface area (Å²) in [4.78, 5) is 25.6. The van der Waals surface area contributed by atoms with E-state index in [0.717, 1.165) is 0 Å². The molecule has 0 unspecified atom stereocenters. The molecule has 1 fully saturated rings. The van der Waals surface area contributed by atoms with Crippen LogP contribution in [-0.2, 0) is 11.3 Å². The summed E-state index contributed by atoms with van der Waals surface area (Å²) in [6, 6.07) is 6.70. The lowest BCUT2D eigenvalue weighted by Gasteiger charge is -2.33. The number of aliphatic hydroxyl groups is 1. The van der Waals surface area contributed by atoms with E-state index in [-0.39, 0.29) is 25.0 Å². The number of rotatable bonds is 2. The zero-order valence-electron chi connectivity index (χ0n) is 11.4. The molecule has 3 rings (SSSR count). The number of likely N-dealkylation sites (tertiary alicyclic amines) is 1. The first-order chi connectivity index (χ1) is 10.0. The summed E-state index contributed by atoms with van der Waals surface area (Å²) in [6.07, 6.45) is -0.131. The van der Waals surface area contributed by atoms with E-state index in [9.17, 15) is 14.7 Å². The quantitative estimate of drug-likeness (QED) is 0.778. The average Bonchev–Trinajstić information content (AvgIpc) is 2.74. The number of benzene rings is 1. The van der Waals surface area contributed by atoms with Gasteiger partial charge in [0.1, 0.15) is 6.54 Å². The molecule has 0 saturated carbocycles. The standard InChI is InChI=1S/C14H17N3O4/c15-9-5-10(18)7-16(6-9)13(19)8-17-11-3-1-2-4-12(11)21-14(17)20/h1-4,9-10,18H,5-8,15H2/t9-,10+/m0/s1. The molecule has 7 heteroatoms. The molecule has 3 N–H and O–H groups in total. The van der Waals surface area contributed by atoms with Crippen LogP contribution in [0.25, 0.3) is 11.1 Å². The van der Waals surface area contributed by atoms with E-state index in [2.05, 4.69) is 0 Å². The van der Waals surface area contributed by atoms with Crippen molar-refractivity contribution in [3.63, 3.8) is 0 Å². The van der Waals surface area contributed by atoms with Crippen LogP contribution in [0.5, 0.6) is 0 Å². The second-order valence-corrected chi connectivity index (χ2v) is 5.37. The van der Waals surface area contributed by atoms with Gasteiger partial charge in [0.25, 0.3) is 0 Å². The zero-order chi connectivity index (χ0) is 15.0. The smallest absolute Gasteiger partial charge is 0.408 e. The first-order valence-electron chi connectivity index (χ1n) is 6.84. The van der Waals surface area contributed by atoms with Crippen LogP contribution in [0.1, 0.15) is 6.42 Å². The van der Waals surface area contributed by atoms with E-state index in [1.165, 1.54) is 9.47 Å². The number of carbonyl (C=O) groups is 1. The van der Waals surface area contributed by atoms with Crippen molar-refractivity contribution in [3.05, 3.63) is 34.8 Å². The van der Waals surface area contributed by atoms with Crippen LogP contribution in [0, 0.1) is 0 Å². The highest BCUT2D eigenvalue weighted by Crippen LogP contribution is 2.14. The zero-order valence-corrected chi connectivity index (χ0v) is 11.4. The van der Waals surface area contributed by atoms with Gasteiger partial charge in [0.15, 0.2) is 5.58 Å². The first-order valence-corrected chi connectivity index (χ1v) is 6.84. The number of nitrogens with two attached hydrogens (primary N) is 1. The molecule has 0 aliphatic carbocycles. The SMILES string of the molecule is N[C@H]1C[C@@H](O)CN(C(=O)Cn2c(=O)oc3ccccc32)C1. The van der Waals surface area contributed by atoms with Gasteiger partial charge in [-0.05, 0) is 18.6 Å². The highest BCUT2D eigenvalue weighted by Gasteiger charge is 2.27. The highest BCUT2D eigenvalue weighted by molar-refractivity contribution is 5.79. The summed E-state index contributed by atoms with van der Waals surface area (Å²) in [6.45, 7) is 0.521. The predicted octanol–water partition coefficient (Wildman–Crippen LogP) is -0.485. The molecule has 1 saturated heterocycles. The molecule has 2 aromatic rings. The van der Waals surface area contributed by atoms with Crippen LogP contribution >= 0.6 is 0 Å². The Morgan fingerprint density at radius 3 is 2.90 bits per heavy atom. The number of hydrogen-bond donors (Lipinski definition) is 2. The lowest BCUT2D eigenvalue weighted by atomic mass is 10.0. The van der Waals surface area contributed by atoms with Gasteiger partial charge in [-0.25, -0.2) is 4.79 Å². The number of aliphatic hydroxyl groups excluding tert-OH is 1. The Hall–Kier alpha value is -2.12. The van der Waals surface area contributed by atoms with Crippen molar-refractivity contribution >= 4 is 17.0 Å². The molecule has 1 aliphatic heterocycles. The van der Waals surface area contributed by atoms with Gasteiger partial charge in [0, 0.05) is 19.1 Å². The van der Waals surface area contributed by atoms with E-state index in [1.807, 2.05) is 0 Å². The van der Waals surface area contributed by atoms with Gasteiger partial charge in [-0.2, -0.15) is 0 Å². The minimum Gasteiger partial charge on any atom is -0.408 e. The summed E-state index contributed by atoms with van der Waals surface area (Å²) in [5, 5.41) is 9.69. The van der Waals surface area contributed by atoms with E-state index in [4.69, 9.17) is 10.2 Å². The van der Waals surface area contributed by atoms with Crippen molar-refractivity contribution in [2.24, 2.45) is 5.73 Å². The normalized spacial score (nSPS) is 22.7. The van der Waals surface area contributed by atoms with Gasteiger partial charge in [0.05, 0.1) is 11.6 Å². The minimum absolute atomic E-state index is 0.116. The highest BCUT2D eigenvalue weighted by atomic mass is 16.4. The van der Waals surface area contributed by atoms with Gasteiger partial charge in [-0.3, -0.25) is 9.36 Å². The number of piperidine rings is 1. The Kier molecular flexibility index (Phi) is 3.52. The number of hydrogen-bond acceptors (Lipinski definition) is 5. The Morgan fingerprint density at radius 1 is 1.38 bits per heavy atom. The number of β-amino-alcohol motifs (C(OH)–C–C–N with tert-alkyl or cyclic N) is 1. The fourth-order valence-corrected chi connectivity index (χ4v) is 2.71. The molecule has 0 spiro atoms. The number of amides is 1. The monoisotopic (exact) mass is 291 g/mol. The molecule has 7 nitrogen and oxygen atoms in total. The maximum absolute atomic E-state index is 12.3. The third-order valence-electron chi connectivity index (χ3n) is 3.68. The Morgan fingerprint density at radius 2 is 2.14 bits per heavy atom. The molecule has 21 heavy (non-hydrogen) atoms. The van der Waals surface area contributed by atoms with Crippen molar-refractivity contribution in [3.8, 4) is 0 Å². The molecule has 0 bridgehead atoms. The number of para-hydroxylation sites is 2. The lowest BCUT2D eigenvalue weighted by molar-refractivity contribution is -0.135. The van der Waals surface area contributed by atoms with Gasteiger partial charge in [-0.1, -0.05) is 12.1 Å². The number of nitrogens with zero attached hydrogens (tertiary/aromatic N) is 2. The van der Waals surface area contributed by atoms with Crippen molar-refractivity contribution in [1.82, 2.24) is 9.47 Å². The predicted molar refractivity (Wildman–Crippen MR) is 75.7 cm³/mol. The molecule has 112 valence electrons. The molecular weight excluding hydrogens is 274 g/mol. The van der Waals surface area contributed by atoms with Crippen LogP contribution < -0.4 is 11.5 Å². The Balaban J connectivity index is 1.83. The molecular formula is C14H17N3O4. The lowest BCUT2D eigenvalue weighted by Crippen LogP contribution is -2.52. The summed E-state index contributed by atoms with van der Waals surface area (Å²) in [7, 11) is 0. The fourth-order valence-electron chi connectivity index (χ4n) is 2.71. The van der Waals surface area contributed by atoms with Gasteiger partial charge in [0.2, 0.25) is 5.91 Å². The van der Waals surface area contributed by atoms with Crippen LogP contribution in [0.3, 0.4) is 0 Å². The summed E-state index contributed by atoms with van der Waals surface area (Å²) < 4.78 is 6.39. The molecule has 1 aliphatic rings. The molecule has 1 aromatic carbocycles. The largest absolute Gasteiger partial charge is 0.420 e.